The van der Waals surface area contributed by atoms with Crippen molar-refractivity contribution in [2.24, 2.45) is 12.5 Å². The van der Waals surface area contributed by atoms with Gasteiger partial charge in [0, 0.05) is 23.1 Å². The van der Waals surface area contributed by atoms with Crippen LogP contribution in [0.25, 0.3) is 22.2 Å². The summed E-state index contributed by atoms with van der Waals surface area (Å²) in [7, 11) is 2.18. The minimum absolute atomic E-state index is 0.290. The highest BCUT2D eigenvalue weighted by Gasteiger charge is 2.19. The molecule has 3 rings (SSSR count). The van der Waals surface area contributed by atoms with Gasteiger partial charge in [0.25, 0.3) is 0 Å². The van der Waals surface area contributed by atoms with E-state index in [0.29, 0.717) is 5.41 Å². The summed E-state index contributed by atoms with van der Waals surface area (Å²) < 4.78 is 2.34. The lowest BCUT2D eigenvalue weighted by atomic mass is 9.86. The minimum Gasteiger partial charge on any atom is -0.194 e. The van der Waals surface area contributed by atoms with Crippen LogP contribution >= 0.6 is 0 Å². The van der Waals surface area contributed by atoms with E-state index in [4.69, 9.17) is 0 Å². The molecule has 1 heteroatoms. The van der Waals surface area contributed by atoms with E-state index >= 15 is 0 Å². The van der Waals surface area contributed by atoms with Crippen molar-refractivity contribution in [1.82, 2.24) is 0 Å². The highest BCUT2D eigenvalue weighted by atomic mass is 14.9. The average Bonchev–Trinajstić information content (AvgIpc) is 2.50. The smallest absolute Gasteiger partial charge is 0.194 e. The molecule has 0 N–H and O–H groups in total. The van der Waals surface area contributed by atoms with Crippen molar-refractivity contribution in [3.63, 3.8) is 0 Å². The molecular formula is C23H28N+. The number of fused-ring (bicyclic) bond motifs is 1. The van der Waals surface area contributed by atoms with Crippen molar-refractivity contribution in [2.45, 2.75) is 41.0 Å². The molecule has 0 aliphatic carbocycles. The first-order chi connectivity index (χ1) is 11.3. The third-order valence-corrected chi connectivity index (χ3v) is 4.69. The Balaban J connectivity index is 2.21. The predicted octanol–water partition coefficient (Wildman–Crippen LogP) is 5.54. The lowest BCUT2D eigenvalue weighted by Crippen LogP contribution is -2.32. The van der Waals surface area contributed by atoms with Gasteiger partial charge in [0.05, 0.1) is 0 Å². The Kier molecular flexibility index (Phi) is 4.21. The number of pyridine rings is 1. The lowest BCUT2D eigenvalue weighted by molar-refractivity contribution is -0.633. The van der Waals surface area contributed by atoms with Gasteiger partial charge in [-0.25, -0.2) is 0 Å². The summed E-state index contributed by atoms with van der Waals surface area (Å²) in [4.78, 5) is 0. The van der Waals surface area contributed by atoms with Gasteiger partial charge in [0.1, 0.15) is 7.05 Å². The summed E-state index contributed by atoms with van der Waals surface area (Å²) in [5.74, 6) is 0. The molecule has 0 fully saturated rings. The van der Waals surface area contributed by atoms with Crippen LogP contribution in [0, 0.1) is 19.3 Å². The maximum atomic E-state index is 2.34. The summed E-state index contributed by atoms with van der Waals surface area (Å²) in [6.07, 6.45) is 1.09. The van der Waals surface area contributed by atoms with Crippen LogP contribution in [0.5, 0.6) is 0 Å². The number of rotatable bonds is 2. The number of aromatic nitrogens is 1. The highest BCUT2D eigenvalue weighted by Crippen LogP contribution is 2.28. The molecule has 0 aliphatic rings. The van der Waals surface area contributed by atoms with E-state index in [1.165, 1.54) is 38.9 Å². The van der Waals surface area contributed by atoms with E-state index in [1.54, 1.807) is 0 Å². The lowest BCUT2D eigenvalue weighted by Gasteiger charge is -2.19. The van der Waals surface area contributed by atoms with E-state index in [2.05, 4.69) is 94.8 Å². The number of aryl methyl sites for hydroxylation is 3. The van der Waals surface area contributed by atoms with Crippen molar-refractivity contribution in [2.75, 3.05) is 0 Å². The molecule has 1 aromatic heterocycles. The molecule has 3 aromatic rings. The van der Waals surface area contributed by atoms with Gasteiger partial charge in [-0.3, -0.25) is 0 Å². The van der Waals surface area contributed by atoms with Crippen molar-refractivity contribution < 1.29 is 4.57 Å². The fourth-order valence-corrected chi connectivity index (χ4v) is 3.50. The van der Waals surface area contributed by atoms with E-state index in [9.17, 15) is 0 Å². The Labute approximate surface area is 146 Å². The fraction of sp³-hybridized carbons (Fsp3) is 0.348. The molecule has 2 aromatic carbocycles. The van der Waals surface area contributed by atoms with Crippen LogP contribution in [0.15, 0.2) is 48.5 Å². The average molecular weight is 318 g/mol. The van der Waals surface area contributed by atoms with Gasteiger partial charge < -0.3 is 0 Å². The molecule has 0 saturated heterocycles. The summed E-state index contributed by atoms with van der Waals surface area (Å²) in [5, 5.41) is 1.36. The van der Waals surface area contributed by atoms with Gasteiger partial charge in [0.2, 0.25) is 11.2 Å². The number of hydrogen-bond acceptors (Lipinski definition) is 0. The quantitative estimate of drug-likeness (QED) is 0.546. The molecule has 124 valence electrons. The van der Waals surface area contributed by atoms with Crippen LogP contribution in [0.1, 0.15) is 37.5 Å². The zero-order valence-electron chi connectivity index (χ0n) is 15.8. The second kappa shape index (κ2) is 6.05. The SMILES string of the molecule is Cc1ccc(C)c(-c2ccc3c(CC(C)(C)C)cccc3[n+]2C)c1. The zero-order valence-corrected chi connectivity index (χ0v) is 15.8. The molecule has 0 bridgehead atoms. The molecule has 1 nitrogen and oxygen atoms in total. The fourth-order valence-electron chi connectivity index (χ4n) is 3.50. The van der Waals surface area contributed by atoms with Gasteiger partial charge >= 0.3 is 0 Å². The minimum atomic E-state index is 0.290. The molecule has 0 aliphatic heterocycles. The molecule has 0 amide bonds. The maximum Gasteiger partial charge on any atom is 0.213 e. The van der Waals surface area contributed by atoms with E-state index < -0.39 is 0 Å². The Morgan fingerprint density at radius 3 is 2.38 bits per heavy atom. The summed E-state index contributed by atoms with van der Waals surface area (Å²) in [5.41, 5.74) is 8.24. The Morgan fingerprint density at radius 1 is 0.917 bits per heavy atom. The van der Waals surface area contributed by atoms with Crippen molar-refractivity contribution in [3.8, 4) is 11.3 Å². The van der Waals surface area contributed by atoms with Gasteiger partial charge in [-0.2, -0.15) is 4.57 Å². The Bertz CT molecular complexity index is 898. The molecule has 0 spiro atoms. The number of benzene rings is 2. The zero-order chi connectivity index (χ0) is 17.5. The standard InChI is InChI=1S/C23H28N/c1-16-10-11-17(2)20(14-16)22-13-12-19-18(15-23(3,4)5)8-7-9-21(19)24(22)6/h7-14H,15H2,1-6H3/q+1. The summed E-state index contributed by atoms with van der Waals surface area (Å²) >= 11 is 0. The first-order valence-electron chi connectivity index (χ1n) is 8.74. The van der Waals surface area contributed by atoms with Gasteiger partial charge in [-0.15, -0.1) is 0 Å². The normalized spacial score (nSPS) is 11.9. The maximum absolute atomic E-state index is 2.34. The van der Waals surface area contributed by atoms with E-state index in [-0.39, 0.29) is 0 Å². The highest BCUT2D eigenvalue weighted by molar-refractivity contribution is 5.81. The monoisotopic (exact) mass is 318 g/mol. The molecule has 0 radical (unpaired) electrons. The van der Waals surface area contributed by atoms with Crippen LogP contribution in [0.4, 0.5) is 0 Å². The molecule has 24 heavy (non-hydrogen) atoms. The number of nitrogens with zero attached hydrogens (tertiary/aromatic N) is 1. The van der Waals surface area contributed by atoms with Gasteiger partial charge in [0.15, 0.2) is 0 Å². The molecule has 0 atom stereocenters. The van der Waals surface area contributed by atoms with Crippen LogP contribution in [0.2, 0.25) is 0 Å². The van der Waals surface area contributed by atoms with Crippen LogP contribution < -0.4 is 4.57 Å². The second-order valence-corrected chi connectivity index (χ2v) is 8.18. The Hall–Kier alpha value is -2.15. The predicted molar refractivity (Wildman–Crippen MR) is 103 cm³/mol. The first-order valence-corrected chi connectivity index (χ1v) is 8.74. The molecule has 1 heterocycles. The van der Waals surface area contributed by atoms with Crippen LogP contribution in [-0.4, -0.2) is 0 Å². The third-order valence-electron chi connectivity index (χ3n) is 4.69. The van der Waals surface area contributed by atoms with Crippen molar-refractivity contribution in [3.05, 3.63) is 65.2 Å². The van der Waals surface area contributed by atoms with E-state index in [1.807, 2.05) is 0 Å². The largest absolute Gasteiger partial charge is 0.213 e. The molecule has 0 unspecified atom stereocenters. The molecule has 0 saturated carbocycles. The van der Waals surface area contributed by atoms with Crippen LogP contribution in [0.3, 0.4) is 0 Å². The number of hydrogen-bond donors (Lipinski definition) is 0. The van der Waals surface area contributed by atoms with Gasteiger partial charge in [-0.1, -0.05) is 50.6 Å². The Morgan fingerprint density at radius 2 is 1.67 bits per heavy atom. The first kappa shape index (κ1) is 16.7. The third kappa shape index (κ3) is 3.21. The van der Waals surface area contributed by atoms with Gasteiger partial charge in [-0.05, 0) is 48.9 Å². The summed E-state index contributed by atoms with van der Waals surface area (Å²) in [6.45, 7) is 11.3. The molecular weight excluding hydrogens is 290 g/mol. The van der Waals surface area contributed by atoms with E-state index in [0.717, 1.165) is 6.42 Å². The van der Waals surface area contributed by atoms with Crippen LogP contribution in [-0.2, 0) is 13.5 Å². The topological polar surface area (TPSA) is 3.88 Å². The van der Waals surface area contributed by atoms with Crippen molar-refractivity contribution >= 4 is 10.9 Å². The van der Waals surface area contributed by atoms with Crippen molar-refractivity contribution in [1.29, 1.82) is 0 Å². The second-order valence-electron chi connectivity index (χ2n) is 8.18. The summed E-state index contributed by atoms with van der Waals surface area (Å²) in [6, 6.07) is 17.9.